The molecule has 0 aliphatic rings. The van der Waals surface area contributed by atoms with Crippen molar-refractivity contribution < 1.29 is 4.74 Å². The SMILES string of the molecule is CNCCC(Oc1cccc(-n2nc3c(N(C)C)nnc(C)c3c2C)c1)c1cccc(C#N)c1. The normalized spacial score (nSPS) is 11.9. The second-order valence-corrected chi connectivity index (χ2v) is 8.46. The van der Waals surface area contributed by atoms with E-state index in [1.54, 1.807) is 6.07 Å². The van der Waals surface area contributed by atoms with E-state index in [9.17, 15) is 5.26 Å². The van der Waals surface area contributed by atoms with Gasteiger partial charge in [-0.1, -0.05) is 18.2 Å². The summed E-state index contributed by atoms with van der Waals surface area (Å²) in [6.07, 6.45) is 0.577. The van der Waals surface area contributed by atoms with Crippen molar-refractivity contribution in [3.05, 3.63) is 71.0 Å². The van der Waals surface area contributed by atoms with E-state index >= 15 is 0 Å². The van der Waals surface area contributed by atoms with Gasteiger partial charge in [-0.3, -0.25) is 0 Å². The summed E-state index contributed by atoms with van der Waals surface area (Å²) in [6, 6.07) is 17.7. The van der Waals surface area contributed by atoms with Crippen LogP contribution in [0.3, 0.4) is 0 Å². The van der Waals surface area contributed by atoms with E-state index in [1.807, 2.05) is 87.0 Å². The van der Waals surface area contributed by atoms with Crippen molar-refractivity contribution in [3.63, 3.8) is 0 Å². The molecule has 0 spiro atoms. The molecule has 1 atom stereocenters. The van der Waals surface area contributed by atoms with Gasteiger partial charge in [-0.05, 0) is 57.3 Å². The van der Waals surface area contributed by atoms with Crippen LogP contribution in [0.2, 0.25) is 0 Å². The topological polar surface area (TPSA) is 91.9 Å². The predicted octanol–water partition coefficient (Wildman–Crippen LogP) is 4.10. The molecule has 1 unspecified atom stereocenters. The molecule has 0 saturated carbocycles. The number of benzene rings is 2. The summed E-state index contributed by atoms with van der Waals surface area (Å²) < 4.78 is 8.36. The number of ether oxygens (including phenoxy) is 1. The highest BCUT2D eigenvalue weighted by Gasteiger charge is 2.19. The molecule has 0 bridgehead atoms. The predicted molar refractivity (Wildman–Crippen MR) is 134 cm³/mol. The van der Waals surface area contributed by atoms with E-state index in [-0.39, 0.29) is 6.10 Å². The number of anilines is 1. The Morgan fingerprint density at radius 1 is 1.12 bits per heavy atom. The van der Waals surface area contributed by atoms with Crippen molar-refractivity contribution in [3.8, 4) is 17.5 Å². The van der Waals surface area contributed by atoms with E-state index < -0.39 is 0 Å². The minimum atomic E-state index is -0.190. The molecule has 0 amide bonds. The van der Waals surface area contributed by atoms with Gasteiger partial charge in [0, 0.05) is 26.6 Å². The number of nitrogens with one attached hydrogen (secondary N) is 1. The van der Waals surface area contributed by atoms with Gasteiger partial charge in [-0.2, -0.15) is 15.5 Å². The van der Waals surface area contributed by atoms with Crippen LogP contribution in [-0.2, 0) is 0 Å². The number of aryl methyl sites for hydroxylation is 2. The van der Waals surface area contributed by atoms with E-state index in [0.29, 0.717) is 5.56 Å². The first-order chi connectivity index (χ1) is 16.4. The Labute approximate surface area is 199 Å². The molecule has 4 aromatic rings. The molecule has 0 saturated heterocycles. The van der Waals surface area contributed by atoms with Crippen molar-refractivity contribution in [2.24, 2.45) is 0 Å². The molecule has 2 aromatic carbocycles. The van der Waals surface area contributed by atoms with Gasteiger partial charge in [0.2, 0.25) is 0 Å². The lowest BCUT2D eigenvalue weighted by Gasteiger charge is -2.20. The lowest BCUT2D eigenvalue weighted by molar-refractivity contribution is 0.195. The molecule has 1 N–H and O–H groups in total. The first kappa shape index (κ1) is 23.2. The molecular weight excluding hydrogens is 426 g/mol. The number of aromatic nitrogens is 4. The van der Waals surface area contributed by atoms with Gasteiger partial charge in [0.25, 0.3) is 0 Å². The molecule has 0 fully saturated rings. The van der Waals surface area contributed by atoms with Crippen LogP contribution in [0.4, 0.5) is 5.82 Å². The molecule has 0 aliphatic heterocycles. The molecule has 174 valence electrons. The van der Waals surface area contributed by atoms with Crippen LogP contribution in [0.5, 0.6) is 5.75 Å². The fourth-order valence-corrected chi connectivity index (χ4v) is 4.09. The molecule has 0 aliphatic carbocycles. The van der Waals surface area contributed by atoms with Crippen molar-refractivity contribution in [2.45, 2.75) is 26.4 Å². The van der Waals surface area contributed by atoms with Gasteiger partial charge in [-0.15, -0.1) is 5.10 Å². The number of nitriles is 1. The van der Waals surface area contributed by atoms with Crippen molar-refractivity contribution in [1.29, 1.82) is 5.26 Å². The zero-order valence-electron chi connectivity index (χ0n) is 20.2. The molecule has 8 heteroatoms. The van der Waals surface area contributed by atoms with Crippen LogP contribution in [0, 0.1) is 25.2 Å². The van der Waals surface area contributed by atoms with Crippen LogP contribution < -0.4 is 15.0 Å². The van der Waals surface area contributed by atoms with Crippen molar-refractivity contribution in [1.82, 2.24) is 25.3 Å². The molecule has 8 nitrogen and oxygen atoms in total. The number of hydrogen-bond donors (Lipinski definition) is 1. The average molecular weight is 456 g/mol. The summed E-state index contributed by atoms with van der Waals surface area (Å²) in [4.78, 5) is 1.92. The van der Waals surface area contributed by atoms with Gasteiger partial charge in [0.15, 0.2) is 5.82 Å². The van der Waals surface area contributed by atoms with E-state index in [2.05, 4.69) is 21.6 Å². The summed E-state index contributed by atoms with van der Waals surface area (Å²) in [6.45, 7) is 4.78. The monoisotopic (exact) mass is 455 g/mol. The smallest absolute Gasteiger partial charge is 0.179 e. The number of rotatable bonds is 8. The third kappa shape index (κ3) is 4.56. The van der Waals surface area contributed by atoms with E-state index in [0.717, 1.165) is 58.1 Å². The van der Waals surface area contributed by atoms with Gasteiger partial charge in [0.05, 0.1) is 34.1 Å². The fourth-order valence-electron chi connectivity index (χ4n) is 4.09. The second-order valence-electron chi connectivity index (χ2n) is 8.46. The average Bonchev–Trinajstić information content (AvgIpc) is 3.19. The first-order valence-electron chi connectivity index (χ1n) is 11.2. The lowest BCUT2D eigenvalue weighted by atomic mass is 10.0. The summed E-state index contributed by atoms with van der Waals surface area (Å²) in [7, 11) is 5.80. The zero-order valence-corrected chi connectivity index (χ0v) is 20.2. The second kappa shape index (κ2) is 9.89. The molecule has 2 aromatic heterocycles. The molecule has 4 rings (SSSR count). The number of hydrogen-bond acceptors (Lipinski definition) is 7. The highest BCUT2D eigenvalue weighted by molar-refractivity contribution is 5.92. The minimum absolute atomic E-state index is 0.190. The Morgan fingerprint density at radius 3 is 2.65 bits per heavy atom. The van der Waals surface area contributed by atoms with E-state index in [4.69, 9.17) is 9.84 Å². The third-order valence-electron chi connectivity index (χ3n) is 5.79. The maximum Gasteiger partial charge on any atom is 0.179 e. The zero-order chi connectivity index (χ0) is 24.2. The van der Waals surface area contributed by atoms with Crippen molar-refractivity contribution >= 4 is 16.7 Å². The molecule has 2 heterocycles. The summed E-state index contributed by atoms with van der Waals surface area (Å²) in [5, 5.41) is 27.0. The Morgan fingerprint density at radius 2 is 1.91 bits per heavy atom. The summed E-state index contributed by atoms with van der Waals surface area (Å²) in [5.74, 6) is 1.47. The summed E-state index contributed by atoms with van der Waals surface area (Å²) >= 11 is 0. The molecular formula is C26H29N7O. The highest BCUT2D eigenvalue weighted by atomic mass is 16.5. The number of nitrogens with zero attached hydrogens (tertiary/aromatic N) is 6. The van der Waals surface area contributed by atoms with Crippen LogP contribution in [0.25, 0.3) is 16.6 Å². The Kier molecular flexibility index (Phi) is 6.75. The standard InChI is InChI=1S/C26H29N7O/c1-17-24-18(2)33(31-25(24)26(30-29-17)32(4)5)21-10-7-11-22(15-21)34-23(12-13-28-3)20-9-6-8-19(14-20)16-27/h6-11,14-15,23,28H,12-13H2,1-5H3. The third-order valence-corrected chi connectivity index (χ3v) is 5.79. The largest absolute Gasteiger partial charge is 0.486 e. The maximum absolute atomic E-state index is 9.31. The number of fused-ring (bicyclic) bond motifs is 1. The van der Waals surface area contributed by atoms with E-state index in [1.165, 1.54) is 0 Å². The van der Waals surface area contributed by atoms with Crippen LogP contribution in [-0.4, -0.2) is 47.7 Å². The van der Waals surface area contributed by atoms with Crippen LogP contribution in [0.15, 0.2) is 48.5 Å². The molecule has 34 heavy (non-hydrogen) atoms. The van der Waals surface area contributed by atoms with Crippen LogP contribution >= 0.6 is 0 Å². The maximum atomic E-state index is 9.31. The first-order valence-corrected chi connectivity index (χ1v) is 11.2. The Hall–Kier alpha value is -3.96. The quantitative estimate of drug-likeness (QED) is 0.428. The Balaban J connectivity index is 1.72. The summed E-state index contributed by atoms with van der Waals surface area (Å²) in [5.41, 5.74) is 5.16. The Bertz CT molecular complexity index is 1350. The molecule has 0 radical (unpaired) electrons. The van der Waals surface area contributed by atoms with Gasteiger partial charge < -0.3 is 15.0 Å². The van der Waals surface area contributed by atoms with Gasteiger partial charge in [0.1, 0.15) is 17.4 Å². The fraction of sp³-hybridized carbons (Fsp3) is 0.308. The van der Waals surface area contributed by atoms with Crippen LogP contribution in [0.1, 0.15) is 35.0 Å². The van der Waals surface area contributed by atoms with Gasteiger partial charge >= 0.3 is 0 Å². The lowest BCUT2D eigenvalue weighted by Crippen LogP contribution is -2.16. The van der Waals surface area contributed by atoms with Crippen molar-refractivity contribution in [2.75, 3.05) is 32.6 Å². The van der Waals surface area contributed by atoms with Gasteiger partial charge in [-0.25, -0.2) is 4.68 Å². The highest BCUT2D eigenvalue weighted by Crippen LogP contribution is 2.31. The minimum Gasteiger partial charge on any atom is -0.486 e.